The molecule has 24 heavy (non-hydrogen) atoms. The number of carbonyl (C=O) groups excluding carboxylic acids is 1. The number of thiazole rings is 1. The summed E-state index contributed by atoms with van der Waals surface area (Å²) in [6, 6.07) is 14.2. The van der Waals surface area contributed by atoms with Crippen molar-refractivity contribution in [2.45, 2.75) is 20.4 Å². The molecule has 0 aliphatic heterocycles. The Morgan fingerprint density at radius 1 is 1.21 bits per heavy atom. The lowest BCUT2D eigenvalue weighted by molar-refractivity contribution is -0.117. The van der Waals surface area contributed by atoms with Crippen LogP contribution in [0.3, 0.4) is 0 Å². The van der Waals surface area contributed by atoms with Crippen molar-refractivity contribution in [1.29, 1.82) is 0 Å². The Bertz CT molecular complexity index is 839. The fourth-order valence-electron chi connectivity index (χ4n) is 2.58. The van der Waals surface area contributed by atoms with Crippen LogP contribution in [0.4, 0.5) is 5.69 Å². The van der Waals surface area contributed by atoms with Crippen LogP contribution in [0.1, 0.15) is 16.1 Å². The zero-order chi connectivity index (χ0) is 17.1. The van der Waals surface area contributed by atoms with Crippen LogP contribution in [-0.2, 0) is 11.3 Å². The van der Waals surface area contributed by atoms with Crippen molar-refractivity contribution in [3.63, 3.8) is 0 Å². The highest BCUT2D eigenvalue weighted by atomic mass is 32.1. The Hall–Kier alpha value is -2.24. The van der Waals surface area contributed by atoms with Gasteiger partial charge in [0, 0.05) is 5.69 Å². The molecular weight excluding hydrogens is 318 g/mol. The summed E-state index contributed by atoms with van der Waals surface area (Å²) < 4.78 is 1.18. The van der Waals surface area contributed by atoms with Crippen molar-refractivity contribution in [1.82, 2.24) is 9.88 Å². The Labute approximate surface area is 146 Å². The fraction of sp³-hybridized carbons (Fsp3) is 0.263. The molecule has 0 radical (unpaired) electrons. The van der Waals surface area contributed by atoms with Crippen LogP contribution in [0.15, 0.2) is 42.5 Å². The Balaban J connectivity index is 1.60. The van der Waals surface area contributed by atoms with Gasteiger partial charge in [-0.25, -0.2) is 4.98 Å². The maximum atomic E-state index is 12.3. The van der Waals surface area contributed by atoms with Gasteiger partial charge in [0.05, 0.1) is 23.3 Å². The first-order valence-corrected chi connectivity index (χ1v) is 8.73. The minimum absolute atomic E-state index is 0.00712. The van der Waals surface area contributed by atoms with Gasteiger partial charge in [0.1, 0.15) is 5.01 Å². The highest BCUT2D eigenvalue weighted by Gasteiger charge is 2.11. The minimum Gasteiger partial charge on any atom is -0.325 e. The number of hydrogen-bond donors (Lipinski definition) is 1. The molecule has 3 aromatic rings. The number of anilines is 1. The second-order valence-electron chi connectivity index (χ2n) is 6.11. The quantitative estimate of drug-likeness (QED) is 0.764. The van der Waals surface area contributed by atoms with Crippen molar-refractivity contribution in [3.8, 4) is 0 Å². The van der Waals surface area contributed by atoms with Gasteiger partial charge in [0.2, 0.25) is 5.91 Å². The van der Waals surface area contributed by atoms with Gasteiger partial charge in [-0.15, -0.1) is 11.3 Å². The van der Waals surface area contributed by atoms with Gasteiger partial charge < -0.3 is 5.32 Å². The van der Waals surface area contributed by atoms with E-state index in [0.29, 0.717) is 13.1 Å². The molecule has 0 atom stereocenters. The van der Waals surface area contributed by atoms with Gasteiger partial charge in [-0.1, -0.05) is 24.3 Å². The summed E-state index contributed by atoms with van der Waals surface area (Å²) in [5, 5.41) is 4.02. The number of fused-ring (bicyclic) bond motifs is 1. The molecule has 0 aliphatic rings. The molecule has 0 spiro atoms. The van der Waals surface area contributed by atoms with Gasteiger partial charge in [-0.05, 0) is 50.2 Å². The zero-order valence-corrected chi connectivity index (χ0v) is 15.0. The Kier molecular flexibility index (Phi) is 4.92. The van der Waals surface area contributed by atoms with E-state index in [2.05, 4.69) is 16.4 Å². The first-order chi connectivity index (χ1) is 11.5. The number of aromatic nitrogens is 1. The van der Waals surface area contributed by atoms with Crippen LogP contribution in [0.2, 0.25) is 0 Å². The molecule has 0 fully saturated rings. The third kappa shape index (κ3) is 3.99. The van der Waals surface area contributed by atoms with Crippen molar-refractivity contribution < 1.29 is 4.79 Å². The second kappa shape index (κ2) is 7.11. The number of likely N-dealkylation sites (N-methyl/N-ethyl adjacent to an activating group) is 1. The molecule has 0 saturated carbocycles. The van der Waals surface area contributed by atoms with E-state index in [9.17, 15) is 4.79 Å². The lowest BCUT2D eigenvalue weighted by Crippen LogP contribution is -2.30. The summed E-state index contributed by atoms with van der Waals surface area (Å²) in [6.45, 7) is 5.02. The largest absolute Gasteiger partial charge is 0.325 e. The molecule has 0 saturated heterocycles. The lowest BCUT2D eigenvalue weighted by Gasteiger charge is -2.15. The normalized spacial score (nSPS) is 11.2. The monoisotopic (exact) mass is 339 g/mol. The molecule has 124 valence electrons. The van der Waals surface area contributed by atoms with Crippen molar-refractivity contribution in [2.24, 2.45) is 0 Å². The average molecular weight is 339 g/mol. The maximum Gasteiger partial charge on any atom is 0.238 e. The maximum absolute atomic E-state index is 12.3. The summed E-state index contributed by atoms with van der Waals surface area (Å²) in [7, 11) is 1.94. The Morgan fingerprint density at radius 2 is 2.00 bits per heavy atom. The molecule has 5 heteroatoms. The van der Waals surface area contributed by atoms with Gasteiger partial charge in [0.25, 0.3) is 0 Å². The molecule has 3 rings (SSSR count). The summed E-state index contributed by atoms with van der Waals surface area (Å²) >= 11 is 1.68. The highest BCUT2D eigenvalue weighted by Crippen LogP contribution is 2.22. The Morgan fingerprint density at radius 3 is 2.79 bits per heavy atom. The number of nitrogens with one attached hydrogen (secondary N) is 1. The molecule has 1 amide bonds. The van der Waals surface area contributed by atoms with Crippen LogP contribution in [0.25, 0.3) is 10.2 Å². The third-order valence-corrected chi connectivity index (χ3v) is 4.85. The number of benzene rings is 2. The minimum atomic E-state index is -0.00712. The van der Waals surface area contributed by atoms with E-state index in [1.807, 2.05) is 62.2 Å². The molecule has 1 aromatic heterocycles. The number of rotatable bonds is 5. The van der Waals surface area contributed by atoms with E-state index in [4.69, 9.17) is 0 Å². The molecule has 2 aromatic carbocycles. The van der Waals surface area contributed by atoms with Gasteiger partial charge in [-0.3, -0.25) is 9.69 Å². The van der Waals surface area contributed by atoms with E-state index in [0.717, 1.165) is 27.3 Å². The fourth-order valence-corrected chi connectivity index (χ4v) is 3.63. The lowest BCUT2D eigenvalue weighted by atomic mass is 10.1. The molecule has 4 nitrogen and oxygen atoms in total. The SMILES string of the molecule is Cc1ccc(C)c(NC(=O)CN(C)Cc2nc3ccccc3s2)c1. The number of nitrogens with zero attached hydrogens (tertiary/aromatic N) is 2. The number of aryl methyl sites for hydroxylation is 2. The number of para-hydroxylation sites is 1. The van der Waals surface area contributed by atoms with Gasteiger partial charge in [0.15, 0.2) is 0 Å². The van der Waals surface area contributed by atoms with Gasteiger partial charge in [-0.2, -0.15) is 0 Å². The van der Waals surface area contributed by atoms with Crippen molar-refractivity contribution in [3.05, 3.63) is 58.6 Å². The summed E-state index contributed by atoms with van der Waals surface area (Å²) in [4.78, 5) is 18.9. The smallest absolute Gasteiger partial charge is 0.238 e. The summed E-state index contributed by atoms with van der Waals surface area (Å²) in [5.41, 5.74) is 4.11. The predicted octanol–water partition coefficient (Wildman–Crippen LogP) is 3.98. The average Bonchev–Trinajstić information content (AvgIpc) is 2.92. The molecule has 0 unspecified atom stereocenters. The number of hydrogen-bond acceptors (Lipinski definition) is 4. The zero-order valence-electron chi connectivity index (χ0n) is 14.2. The van der Waals surface area contributed by atoms with E-state index >= 15 is 0 Å². The molecule has 1 heterocycles. The molecule has 1 N–H and O–H groups in total. The van der Waals surface area contributed by atoms with Gasteiger partial charge >= 0.3 is 0 Å². The highest BCUT2D eigenvalue weighted by molar-refractivity contribution is 7.18. The van der Waals surface area contributed by atoms with Crippen molar-refractivity contribution in [2.75, 3.05) is 18.9 Å². The third-order valence-electron chi connectivity index (χ3n) is 3.82. The summed E-state index contributed by atoms with van der Waals surface area (Å²) in [5.74, 6) is -0.00712. The molecule has 0 aliphatic carbocycles. The first-order valence-electron chi connectivity index (χ1n) is 7.91. The van der Waals surface area contributed by atoms with E-state index < -0.39 is 0 Å². The van der Waals surface area contributed by atoms with Crippen LogP contribution in [-0.4, -0.2) is 29.4 Å². The van der Waals surface area contributed by atoms with Crippen LogP contribution >= 0.6 is 11.3 Å². The molecule has 0 bridgehead atoms. The predicted molar refractivity (Wildman–Crippen MR) is 100 cm³/mol. The number of carbonyl (C=O) groups is 1. The van der Waals surface area contributed by atoms with E-state index in [1.165, 1.54) is 4.70 Å². The van der Waals surface area contributed by atoms with E-state index in [1.54, 1.807) is 11.3 Å². The van der Waals surface area contributed by atoms with E-state index in [-0.39, 0.29) is 5.91 Å². The van der Waals surface area contributed by atoms with Crippen molar-refractivity contribution >= 4 is 33.1 Å². The standard InChI is InChI=1S/C19H21N3OS/c1-13-8-9-14(2)16(10-13)20-18(23)11-22(3)12-19-21-15-6-4-5-7-17(15)24-19/h4-10H,11-12H2,1-3H3,(H,20,23). The topological polar surface area (TPSA) is 45.2 Å². The van der Waals surface area contributed by atoms with Crippen LogP contribution in [0.5, 0.6) is 0 Å². The second-order valence-corrected chi connectivity index (χ2v) is 7.23. The van der Waals surface area contributed by atoms with Crippen LogP contribution < -0.4 is 5.32 Å². The molecular formula is C19H21N3OS. The summed E-state index contributed by atoms with van der Waals surface area (Å²) in [6.07, 6.45) is 0. The van der Waals surface area contributed by atoms with Crippen LogP contribution in [0, 0.1) is 13.8 Å². The number of amides is 1. The first kappa shape index (κ1) is 16.6.